The molecule has 0 heterocycles. The van der Waals surface area contributed by atoms with E-state index in [9.17, 15) is 22.8 Å². The SMILES string of the molecule is N#CCC(=O)Nc1cccc(NC(=O)c2ccc(F)c(F)c2F)c1. The van der Waals surface area contributed by atoms with Crippen LogP contribution >= 0.6 is 0 Å². The standard InChI is InChI=1S/C16H10F3N3O2/c17-12-5-4-11(14(18)15(12)19)16(24)22-10-3-1-2-9(8-10)21-13(23)6-7-20/h1-5,8H,6H2,(H,21,23)(H,22,24). The Balaban J connectivity index is 2.17. The molecule has 0 aliphatic carbocycles. The Morgan fingerprint density at radius 3 is 2.33 bits per heavy atom. The minimum Gasteiger partial charge on any atom is -0.325 e. The summed E-state index contributed by atoms with van der Waals surface area (Å²) >= 11 is 0. The van der Waals surface area contributed by atoms with Gasteiger partial charge >= 0.3 is 0 Å². The number of nitrogens with zero attached hydrogens (tertiary/aromatic N) is 1. The van der Waals surface area contributed by atoms with Crippen LogP contribution in [-0.2, 0) is 4.79 Å². The Morgan fingerprint density at radius 2 is 1.67 bits per heavy atom. The van der Waals surface area contributed by atoms with Gasteiger partial charge in [-0.25, -0.2) is 13.2 Å². The van der Waals surface area contributed by atoms with Crippen LogP contribution in [0.4, 0.5) is 24.5 Å². The summed E-state index contributed by atoms with van der Waals surface area (Å²) in [7, 11) is 0. The smallest absolute Gasteiger partial charge is 0.258 e. The van der Waals surface area contributed by atoms with Crippen LogP contribution < -0.4 is 10.6 Å². The minimum absolute atomic E-state index is 0.193. The van der Waals surface area contributed by atoms with Crippen molar-refractivity contribution in [3.8, 4) is 6.07 Å². The van der Waals surface area contributed by atoms with Crippen molar-refractivity contribution < 1.29 is 22.8 Å². The number of amides is 2. The fraction of sp³-hybridized carbons (Fsp3) is 0.0625. The molecule has 0 radical (unpaired) electrons. The molecule has 0 atom stereocenters. The molecular formula is C16H10F3N3O2. The Bertz CT molecular complexity index is 847. The molecule has 0 unspecified atom stereocenters. The van der Waals surface area contributed by atoms with Gasteiger partial charge in [0, 0.05) is 11.4 Å². The number of carbonyl (C=O) groups excluding carboxylic acids is 2. The molecule has 2 aromatic rings. The third kappa shape index (κ3) is 3.89. The lowest BCUT2D eigenvalue weighted by atomic mass is 10.1. The Hall–Kier alpha value is -3.34. The predicted molar refractivity (Wildman–Crippen MR) is 79.6 cm³/mol. The van der Waals surface area contributed by atoms with Crippen LogP contribution in [-0.4, -0.2) is 11.8 Å². The molecule has 0 aliphatic rings. The molecule has 5 nitrogen and oxygen atoms in total. The van der Waals surface area contributed by atoms with Crippen LogP contribution in [0, 0.1) is 28.8 Å². The van der Waals surface area contributed by atoms with Crippen molar-refractivity contribution in [2.45, 2.75) is 6.42 Å². The first-order chi connectivity index (χ1) is 11.4. The topological polar surface area (TPSA) is 82.0 Å². The number of carbonyl (C=O) groups is 2. The number of nitriles is 1. The molecule has 122 valence electrons. The molecule has 2 aromatic carbocycles. The van der Waals surface area contributed by atoms with E-state index in [4.69, 9.17) is 5.26 Å². The molecule has 0 fully saturated rings. The molecule has 0 bridgehead atoms. The molecule has 2 amide bonds. The molecule has 2 rings (SSSR count). The summed E-state index contributed by atoms with van der Waals surface area (Å²) in [6, 6.07) is 8.98. The lowest BCUT2D eigenvalue weighted by molar-refractivity contribution is -0.115. The van der Waals surface area contributed by atoms with Crippen LogP contribution in [0.3, 0.4) is 0 Å². The second-order valence-electron chi connectivity index (χ2n) is 4.64. The van der Waals surface area contributed by atoms with Crippen LogP contribution in [0.1, 0.15) is 16.8 Å². The van der Waals surface area contributed by atoms with Crippen molar-refractivity contribution in [1.82, 2.24) is 0 Å². The molecular weight excluding hydrogens is 323 g/mol. The van der Waals surface area contributed by atoms with E-state index in [0.29, 0.717) is 11.8 Å². The van der Waals surface area contributed by atoms with Gasteiger partial charge in [-0.15, -0.1) is 0 Å². The average Bonchev–Trinajstić information content (AvgIpc) is 2.53. The van der Waals surface area contributed by atoms with Crippen LogP contribution in [0.15, 0.2) is 36.4 Å². The molecule has 2 N–H and O–H groups in total. The number of hydrogen-bond donors (Lipinski definition) is 2. The van der Waals surface area contributed by atoms with Crippen molar-refractivity contribution in [3.63, 3.8) is 0 Å². The van der Waals surface area contributed by atoms with Gasteiger partial charge in [0.05, 0.1) is 11.6 Å². The minimum atomic E-state index is -1.74. The van der Waals surface area contributed by atoms with E-state index < -0.39 is 34.8 Å². The van der Waals surface area contributed by atoms with Gasteiger partial charge in [0.1, 0.15) is 6.42 Å². The molecule has 8 heteroatoms. The van der Waals surface area contributed by atoms with Crippen molar-refractivity contribution in [2.75, 3.05) is 10.6 Å². The van der Waals surface area contributed by atoms with Crippen molar-refractivity contribution >= 4 is 23.2 Å². The molecule has 0 aromatic heterocycles. The monoisotopic (exact) mass is 333 g/mol. The second kappa shape index (κ2) is 7.28. The molecule has 0 aliphatic heterocycles. The van der Waals surface area contributed by atoms with E-state index >= 15 is 0 Å². The van der Waals surface area contributed by atoms with Gasteiger partial charge in [0.15, 0.2) is 17.5 Å². The third-order valence-corrected chi connectivity index (χ3v) is 2.92. The largest absolute Gasteiger partial charge is 0.325 e. The highest BCUT2D eigenvalue weighted by Gasteiger charge is 2.19. The number of anilines is 2. The van der Waals surface area contributed by atoms with Gasteiger partial charge in [-0.05, 0) is 30.3 Å². The van der Waals surface area contributed by atoms with Crippen LogP contribution in [0.5, 0.6) is 0 Å². The summed E-state index contributed by atoms with van der Waals surface area (Å²) in [5.41, 5.74) is -0.162. The maximum atomic E-state index is 13.6. The van der Waals surface area contributed by atoms with E-state index in [1.807, 2.05) is 0 Å². The first-order valence-electron chi connectivity index (χ1n) is 6.64. The number of nitrogens with one attached hydrogen (secondary N) is 2. The molecule has 24 heavy (non-hydrogen) atoms. The summed E-state index contributed by atoms with van der Waals surface area (Å²) in [6.45, 7) is 0. The maximum absolute atomic E-state index is 13.6. The number of rotatable bonds is 4. The van der Waals surface area contributed by atoms with E-state index in [1.54, 1.807) is 6.07 Å². The van der Waals surface area contributed by atoms with E-state index in [2.05, 4.69) is 10.6 Å². The zero-order valence-electron chi connectivity index (χ0n) is 12.1. The third-order valence-electron chi connectivity index (χ3n) is 2.92. The first-order valence-corrected chi connectivity index (χ1v) is 6.64. The van der Waals surface area contributed by atoms with Gasteiger partial charge < -0.3 is 10.6 Å². The van der Waals surface area contributed by atoms with Crippen LogP contribution in [0.25, 0.3) is 0 Å². The zero-order chi connectivity index (χ0) is 17.7. The highest BCUT2D eigenvalue weighted by molar-refractivity contribution is 6.05. The number of benzene rings is 2. The van der Waals surface area contributed by atoms with Crippen molar-refractivity contribution in [3.05, 3.63) is 59.4 Å². The summed E-state index contributed by atoms with van der Waals surface area (Å²) < 4.78 is 39.6. The van der Waals surface area contributed by atoms with Gasteiger partial charge in [0.25, 0.3) is 5.91 Å². The lowest BCUT2D eigenvalue weighted by Gasteiger charge is -2.09. The van der Waals surface area contributed by atoms with Gasteiger partial charge in [-0.2, -0.15) is 5.26 Å². The molecule has 0 spiro atoms. The van der Waals surface area contributed by atoms with E-state index in [1.165, 1.54) is 24.3 Å². The highest BCUT2D eigenvalue weighted by atomic mass is 19.2. The zero-order valence-corrected chi connectivity index (χ0v) is 12.1. The van der Waals surface area contributed by atoms with Gasteiger partial charge in [0.2, 0.25) is 5.91 Å². The molecule has 0 saturated heterocycles. The fourth-order valence-electron chi connectivity index (χ4n) is 1.85. The number of hydrogen-bond acceptors (Lipinski definition) is 3. The van der Waals surface area contributed by atoms with Crippen molar-refractivity contribution in [1.29, 1.82) is 5.26 Å². The summed E-state index contributed by atoms with van der Waals surface area (Å²) in [4.78, 5) is 23.3. The Morgan fingerprint density at radius 1 is 1.00 bits per heavy atom. The average molecular weight is 333 g/mol. The maximum Gasteiger partial charge on any atom is 0.258 e. The predicted octanol–water partition coefficient (Wildman–Crippen LogP) is 3.21. The Kier molecular flexibility index (Phi) is 5.16. The Labute approximate surface area is 134 Å². The molecule has 0 saturated carbocycles. The van der Waals surface area contributed by atoms with Gasteiger partial charge in [-0.1, -0.05) is 6.07 Å². The van der Waals surface area contributed by atoms with Crippen molar-refractivity contribution in [2.24, 2.45) is 0 Å². The van der Waals surface area contributed by atoms with Crippen LogP contribution in [0.2, 0.25) is 0 Å². The lowest BCUT2D eigenvalue weighted by Crippen LogP contribution is -2.15. The fourth-order valence-corrected chi connectivity index (χ4v) is 1.85. The first kappa shape index (κ1) is 17.0. The summed E-state index contributed by atoms with van der Waals surface area (Å²) in [6.07, 6.45) is -0.337. The van der Waals surface area contributed by atoms with Gasteiger partial charge in [-0.3, -0.25) is 9.59 Å². The quantitative estimate of drug-likeness (QED) is 0.843. The summed E-state index contributed by atoms with van der Waals surface area (Å²) in [5.74, 6) is -6.24. The number of halogens is 3. The second-order valence-corrected chi connectivity index (χ2v) is 4.64. The highest BCUT2D eigenvalue weighted by Crippen LogP contribution is 2.19. The van der Waals surface area contributed by atoms with E-state index in [0.717, 1.165) is 6.07 Å². The summed E-state index contributed by atoms with van der Waals surface area (Å²) in [5, 5.41) is 13.2. The van der Waals surface area contributed by atoms with E-state index in [-0.39, 0.29) is 12.1 Å². The normalized spacial score (nSPS) is 9.92.